The second-order valence-corrected chi connectivity index (χ2v) is 6.57. The van der Waals surface area contributed by atoms with Crippen molar-refractivity contribution in [2.45, 2.75) is 20.0 Å². The number of benzene rings is 2. The molecule has 2 aromatic carbocycles. The van der Waals surface area contributed by atoms with Crippen LogP contribution >= 0.6 is 0 Å². The largest absolute Gasteiger partial charge is 0.497 e. The molecule has 0 spiro atoms. The van der Waals surface area contributed by atoms with E-state index in [2.05, 4.69) is 9.97 Å². The smallest absolute Gasteiger partial charge is 0.155 e. The summed E-state index contributed by atoms with van der Waals surface area (Å²) < 4.78 is 13.2. The Morgan fingerprint density at radius 1 is 0.889 bits per heavy atom. The minimum atomic E-state index is 0.129. The quantitative estimate of drug-likeness (QED) is 0.511. The predicted molar refractivity (Wildman–Crippen MR) is 106 cm³/mol. The van der Waals surface area contributed by atoms with Gasteiger partial charge in [0.1, 0.15) is 11.5 Å². The van der Waals surface area contributed by atoms with Gasteiger partial charge in [0, 0.05) is 17.3 Å². The van der Waals surface area contributed by atoms with Crippen LogP contribution in [0, 0.1) is 0 Å². The lowest BCUT2D eigenvalue weighted by Gasteiger charge is -2.11. The van der Waals surface area contributed by atoms with Crippen molar-refractivity contribution in [3.05, 3.63) is 67.1 Å². The van der Waals surface area contributed by atoms with E-state index < -0.39 is 0 Å². The van der Waals surface area contributed by atoms with Crippen LogP contribution in [0.15, 0.2) is 67.1 Å². The predicted octanol–water partition coefficient (Wildman–Crippen LogP) is 4.86. The maximum absolute atomic E-state index is 5.81. The zero-order valence-electron chi connectivity index (χ0n) is 15.6. The molecule has 0 aliphatic carbocycles. The van der Waals surface area contributed by atoms with Gasteiger partial charge in [-0.25, -0.2) is 4.98 Å². The Kier molecular flexibility index (Phi) is 4.50. The molecule has 0 saturated heterocycles. The molecule has 0 amide bonds. The Balaban J connectivity index is 1.78. The number of hydrogen-bond donors (Lipinski definition) is 0. The average molecular weight is 359 g/mol. The minimum Gasteiger partial charge on any atom is -0.497 e. The third-order valence-corrected chi connectivity index (χ3v) is 4.26. The summed E-state index contributed by atoms with van der Waals surface area (Å²) >= 11 is 0. The molecule has 0 atom stereocenters. The molecular formula is C22H21N3O2. The Bertz CT molecular complexity index is 1090. The van der Waals surface area contributed by atoms with Gasteiger partial charge in [-0.05, 0) is 38.1 Å². The van der Waals surface area contributed by atoms with Gasteiger partial charge in [0.05, 0.1) is 37.0 Å². The molecule has 5 nitrogen and oxygen atoms in total. The summed E-state index contributed by atoms with van der Waals surface area (Å²) in [7, 11) is 1.67. The highest BCUT2D eigenvalue weighted by molar-refractivity contribution is 5.68. The third kappa shape index (κ3) is 3.49. The lowest BCUT2D eigenvalue weighted by atomic mass is 10.1. The van der Waals surface area contributed by atoms with Crippen LogP contribution in [0.1, 0.15) is 13.8 Å². The van der Waals surface area contributed by atoms with Crippen LogP contribution in [0.25, 0.3) is 28.2 Å². The first-order valence-electron chi connectivity index (χ1n) is 8.88. The van der Waals surface area contributed by atoms with E-state index >= 15 is 0 Å². The molecule has 2 aromatic heterocycles. The van der Waals surface area contributed by atoms with Crippen molar-refractivity contribution in [2.75, 3.05) is 7.11 Å². The highest BCUT2D eigenvalue weighted by atomic mass is 16.5. The number of ether oxygens (including phenoxy) is 2. The summed E-state index contributed by atoms with van der Waals surface area (Å²) in [5.41, 5.74) is 4.68. The fourth-order valence-electron chi connectivity index (χ4n) is 3.04. The molecule has 5 heteroatoms. The normalized spacial score (nSPS) is 11.1. The van der Waals surface area contributed by atoms with Crippen LogP contribution in [0.5, 0.6) is 11.5 Å². The Hall–Kier alpha value is -3.34. The van der Waals surface area contributed by atoms with E-state index in [0.29, 0.717) is 0 Å². The molecule has 0 fully saturated rings. The van der Waals surface area contributed by atoms with Crippen molar-refractivity contribution in [3.8, 4) is 34.0 Å². The van der Waals surface area contributed by atoms with Crippen LogP contribution in [0.4, 0.5) is 0 Å². The molecule has 4 rings (SSSR count). The first-order valence-corrected chi connectivity index (χ1v) is 8.88. The van der Waals surface area contributed by atoms with Crippen molar-refractivity contribution < 1.29 is 9.47 Å². The number of hydrogen-bond acceptors (Lipinski definition) is 4. The van der Waals surface area contributed by atoms with Gasteiger partial charge >= 0.3 is 0 Å². The van der Waals surface area contributed by atoms with Gasteiger partial charge in [0.25, 0.3) is 0 Å². The molecule has 0 saturated carbocycles. The topological polar surface area (TPSA) is 48.7 Å². The number of imidazole rings is 1. The molecule has 0 bridgehead atoms. The number of methoxy groups -OCH3 is 1. The SMILES string of the molecule is COc1cccc(-c2cnc3cnc(-c4cccc(OC(C)C)c4)cn23)c1. The molecule has 0 unspecified atom stereocenters. The standard InChI is InChI=1S/C22H21N3O2/c1-15(2)27-19-9-4-6-16(10-19)20-14-25-21(12-24-22(25)13-23-20)17-7-5-8-18(11-17)26-3/h4-15H,1-3H3. The number of nitrogens with zero attached hydrogens (tertiary/aromatic N) is 3. The summed E-state index contributed by atoms with van der Waals surface area (Å²) in [6.45, 7) is 4.03. The summed E-state index contributed by atoms with van der Waals surface area (Å²) in [6.07, 6.45) is 5.78. The van der Waals surface area contributed by atoms with Crippen LogP contribution in [0.2, 0.25) is 0 Å². The summed E-state index contributed by atoms with van der Waals surface area (Å²) in [5.74, 6) is 1.65. The zero-order valence-corrected chi connectivity index (χ0v) is 15.6. The zero-order chi connectivity index (χ0) is 18.8. The van der Waals surface area contributed by atoms with Crippen molar-refractivity contribution in [1.82, 2.24) is 14.4 Å². The maximum atomic E-state index is 5.81. The molecule has 0 aliphatic heterocycles. The molecule has 27 heavy (non-hydrogen) atoms. The van der Waals surface area contributed by atoms with Gasteiger partial charge < -0.3 is 9.47 Å². The van der Waals surface area contributed by atoms with Crippen LogP contribution in [-0.2, 0) is 0 Å². The number of aromatic nitrogens is 3. The molecule has 0 N–H and O–H groups in total. The van der Waals surface area contributed by atoms with E-state index in [9.17, 15) is 0 Å². The van der Waals surface area contributed by atoms with Gasteiger partial charge in [-0.2, -0.15) is 0 Å². The maximum Gasteiger partial charge on any atom is 0.155 e. The first-order chi connectivity index (χ1) is 13.1. The molecule has 0 radical (unpaired) electrons. The number of fused-ring (bicyclic) bond motifs is 1. The molecular weight excluding hydrogens is 338 g/mol. The fourth-order valence-corrected chi connectivity index (χ4v) is 3.04. The summed E-state index contributed by atoms with van der Waals surface area (Å²) in [4.78, 5) is 9.05. The van der Waals surface area contributed by atoms with Crippen molar-refractivity contribution in [3.63, 3.8) is 0 Å². The molecule has 4 aromatic rings. The minimum absolute atomic E-state index is 0.129. The van der Waals surface area contributed by atoms with Gasteiger partial charge in [-0.15, -0.1) is 0 Å². The first kappa shape index (κ1) is 17.1. The van der Waals surface area contributed by atoms with E-state index in [1.165, 1.54) is 0 Å². The van der Waals surface area contributed by atoms with Crippen molar-refractivity contribution >= 4 is 5.65 Å². The number of rotatable bonds is 5. The van der Waals surface area contributed by atoms with Crippen molar-refractivity contribution in [1.29, 1.82) is 0 Å². The Morgan fingerprint density at radius 2 is 1.63 bits per heavy atom. The monoisotopic (exact) mass is 359 g/mol. The van der Waals surface area contributed by atoms with E-state index in [4.69, 9.17) is 9.47 Å². The Morgan fingerprint density at radius 3 is 2.41 bits per heavy atom. The highest BCUT2D eigenvalue weighted by Gasteiger charge is 2.10. The second kappa shape index (κ2) is 7.11. The van der Waals surface area contributed by atoms with E-state index in [-0.39, 0.29) is 6.10 Å². The highest BCUT2D eigenvalue weighted by Crippen LogP contribution is 2.27. The molecule has 136 valence electrons. The molecule has 2 heterocycles. The van der Waals surface area contributed by atoms with Gasteiger partial charge in [0.2, 0.25) is 0 Å². The van der Waals surface area contributed by atoms with E-state index in [1.807, 2.05) is 79.2 Å². The third-order valence-electron chi connectivity index (χ3n) is 4.26. The second-order valence-electron chi connectivity index (χ2n) is 6.57. The Labute approximate surface area is 158 Å². The van der Waals surface area contributed by atoms with Gasteiger partial charge in [-0.1, -0.05) is 24.3 Å². The van der Waals surface area contributed by atoms with E-state index in [0.717, 1.165) is 39.7 Å². The van der Waals surface area contributed by atoms with Crippen LogP contribution in [-0.4, -0.2) is 27.6 Å². The molecule has 0 aliphatic rings. The van der Waals surface area contributed by atoms with Gasteiger partial charge in [-0.3, -0.25) is 9.38 Å². The fraction of sp³-hybridized carbons (Fsp3) is 0.182. The average Bonchev–Trinajstić information content (AvgIpc) is 3.11. The van der Waals surface area contributed by atoms with E-state index in [1.54, 1.807) is 13.3 Å². The summed E-state index contributed by atoms with van der Waals surface area (Å²) in [5, 5.41) is 0. The lowest BCUT2D eigenvalue weighted by Crippen LogP contribution is -2.05. The van der Waals surface area contributed by atoms with Crippen molar-refractivity contribution in [2.24, 2.45) is 0 Å². The van der Waals surface area contributed by atoms with Gasteiger partial charge in [0.15, 0.2) is 5.65 Å². The van der Waals surface area contributed by atoms with Crippen LogP contribution in [0.3, 0.4) is 0 Å². The summed E-state index contributed by atoms with van der Waals surface area (Å²) in [6, 6.07) is 15.9. The van der Waals surface area contributed by atoms with Crippen LogP contribution < -0.4 is 9.47 Å². The lowest BCUT2D eigenvalue weighted by molar-refractivity contribution is 0.242.